The van der Waals surface area contributed by atoms with Crippen molar-refractivity contribution in [2.45, 2.75) is 69.0 Å². The van der Waals surface area contributed by atoms with Gasteiger partial charge in [0.15, 0.2) is 0 Å². The summed E-state index contributed by atoms with van der Waals surface area (Å²) in [5.41, 5.74) is 0.972. The Hall–Kier alpha value is -2.18. The third-order valence-corrected chi connectivity index (χ3v) is 7.35. The molecule has 7 heteroatoms. The first kappa shape index (κ1) is 25.4. The van der Waals surface area contributed by atoms with Gasteiger partial charge < -0.3 is 15.0 Å². The quantitative estimate of drug-likeness (QED) is 0.325. The van der Waals surface area contributed by atoms with Crippen LogP contribution in [-0.4, -0.2) is 41.7 Å². The van der Waals surface area contributed by atoms with Gasteiger partial charge in [0.2, 0.25) is 11.8 Å². The van der Waals surface area contributed by atoms with Crippen LogP contribution < -0.4 is 10.1 Å². The van der Waals surface area contributed by atoms with Gasteiger partial charge in [-0.25, -0.2) is 0 Å². The molecule has 0 bridgehead atoms. The van der Waals surface area contributed by atoms with Gasteiger partial charge in [-0.2, -0.15) is 0 Å². The normalized spacial score (nSPS) is 14.6. The zero-order chi connectivity index (χ0) is 23.6. The Labute approximate surface area is 206 Å². The largest absolute Gasteiger partial charge is 0.497 e. The van der Waals surface area contributed by atoms with Crippen LogP contribution in [0.2, 0.25) is 5.02 Å². The van der Waals surface area contributed by atoms with Crippen molar-refractivity contribution >= 4 is 35.2 Å². The number of benzene rings is 2. The number of rotatable bonds is 11. The highest BCUT2D eigenvalue weighted by molar-refractivity contribution is 7.99. The van der Waals surface area contributed by atoms with Gasteiger partial charge in [0.05, 0.1) is 7.11 Å². The van der Waals surface area contributed by atoms with E-state index in [1.165, 1.54) is 0 Å². The monoisotopic (exact) mass is 488 g/mol. The molecule has 33 heavy (non-hydrogen) atoms. The molecule has 0 spiro atoms. The van der Waals surface area contributed by atoms with Crippen LogP contribution in [0, 0.1) is 0 Å². The minimum atomic E-state index is -0.524. The third-order valence-electron chi connectivity index (χ3n) is 6.00. The summed E-state index contributed by atoms with van der Waals surface area (Å²) >= 11 is 7.65. The summed E-state index contributed by atoms with van der Waals surface area (Å²) < 4.78 is 5.24. The summed E-state index contributed by atoms with van der Waals surface area (Å²) in [6.45, 7) is 2.22. The smallest absolute Gasteiger partial charge is 0.242 e. The third kappa shape index (κ3) is 7.97. The number of hydrogen-bond acceptors (Lipinski definition) is 4. The molecule has 1 N–H and O–H groups in total. The summed E-state index contributed by atoms with van der Waals surface area (Å²) in [6.07, 6.45) is 5.48. The molecule has 2 aromatic rings. The average Bonchev–Trinajstić information content (AvgIpc) is 3.34. The first-order chi connectivity index (χ1) is 16.0. The second-order valence-corrected chi connectivity index (χ2v) is 10.0. The number of nitrogens with zero attached hydrogens (tertiary/aromatic N) is 1. The Morgan fingerprint density at radius 2 is 1.79 bits per heavy atom. The van der Waals surface area contributed by atoms with Crippen LogP contribution >= 0.6 is 23.4 Å². The van der Waals surface area contributed by atoms with Crippen molar-refractivity contribution in [2.24, 2.45) is 0 Å². The topological polar surface area (TPSA) is 58.6 Å². The maximum Gasteiger partial charge on any atom is 0.242 e. The summed E-state index contributed by atoms with van der Waals surface area (Å²) in [4.78, 5) is 29.0. The molecule has 1 aliphatic rings. The predicted molar refractivity (Wildman–Crippen MR) is 135 cm³/mol. The highest BCUT2D eigenvalue weighted by atomic mass is 35.5. The second-order valence-electron chi connectivity index (χ2n) is 8.44. The Morgan fingerprint density at radius 3 is 2.42 bits per heavy atom. The first-order valence-electron chi connectivity index (χ1n) is 11.6. The highest BCUT2D eigenvalue weighted by Gasteiger charge is 2.28. The second kappa shape index (κ2) is 12.9. The van der Waals surface area contributed by atoms with Crippen molar-refractivity contribution < 1.29 is 14.3 Å². The van der Waals surface area contributed by atoms with E-state index in [4.69, 9.17) is 16.3 Å². The van der Waals surface area contributed by atoms with E-state index in [1.807, 2.05) is 55.5 Å². The lowest BCUT2D eigenvalue weighted by Gasteiger charge is -2.30. The van der Waals surface area contributed by atoms with Crippen molar-refractivity contribution in [1.29, 1.82) is 0 Å². The van der Waals surface area contributed by atoms with E-state index in [1.54, 1.807) is 23.8 Å². The lowest BCUT2D eigenvalue weighted by Crippen LogP contribution is -2.49. The molecule has 1 fully saturated rings. The number of ether oxygens (including phenoxy) is 1. The van der Waals surface area contributed by atoms with E-state index in [2.05, 4.69) is 5.32 Å². The Morgan fingerprint density at radius 1 is 1.12 bits per heavy atom. The molecule has 0 saturated heterocycles. The van der Waals surface area contributed by atoms with Crippen molar-refractivity contribution in [1.82, 2.24) is 10.2 Å². The Bertz CT molecular complexity index is 899. The molecule has 0 aliphatic heterocycles. The molecule has 1 aliphatic carbocycles. The molecule has 2 aromatic carbocycles. The van der Waals surface area contributed by atoms with Crippen molar-refractivity contribution in [3.05, 3.63) is 59.1 Å². The van der Waals surface area contributed by atoms with E-state index in [9.17, 15) is 9.59 Å². The molecule has 5 nitrogen and oxygen atoms in total. The van der Waals surface area contributed by atoms with Crippen LogP contribution in [0.15, 0.2) is 53.4 Å². The van der Waals surface area contributed by atoms with Crippen molar-refractivity contribution in [3.8, 4) is 5.75 Å². The lowest BCUT2D eigenvalue weighted by molar-refractivity contribution is -0.140. The zero-order valence-electron chi connectivity index (χ0n) is 19.4. The van der Waals surface area contributed by atoms with Gasteiger partial charge in [0, 0.05) is 28.9 Å². The van der Waals surface area contributed by atoms with Crippen LogP contribution in [0.4, 0.5) is 0 Å². The van der Waals surface area contributed by atoms with E-state index in [0.29, 0.717) is 18.0 Å². The van der Waals surface area contributed by atoms with E-state index in [0.717, 1.165) is 54.1 Å². The van der Waals surface area contributed by atoms with Gasteiger partial charge in [0.1, 0.15) is 11.8 Å². The standard InChI is InChI=1S/C26H33ClN2O3S/c1-19(26(31)28-22-6-3-4-7-22)29(18-20-9-13-23(32-2)14-10-20)25(30)8-5-17-33-24-15-11-21(27)12-16-24/h9-16,19,22H,3-8,17-18H2,1-2H3,(H,28,31). The molecule has 1 unspecified atom stereocenters. The number of halogens is 1. The molecule has 0 aromatic heterocycles. The van der Waals surface area contributed by atoms with Crippen LogP contribution in [-0.2, 0) is 16.1 Å². The maximum atomic E-state index is 13.2. The number of nitrogens with one attached hydrogen (secondary N) is 1. The summed E-state index contributed by atoms with van der Waals surface area (Å²) in [6, 6.07) is 15.1. The van der Waals surface area contributed by atoms with Crippen molar-refractivity contribution in [3.63, 3.8) is 0 Å². The summed E-state index contributed by atoms with van der Waals surface area (Å²) in [7, 11) is 1.63. The number of thioether (sulfide) groups is 1. The SMILES string of the molecule is COc1ccc(CN(C(=O)CCCSc2ccc(Cl)cc2)C(C)C(=O)NC2CCCC2)cc1. The fraction of sp³-hybridized carbons (Fsp3) is 0.462. The highest BCUT2D eigenvalue weighted by Crippen LogP contribution is 2.23. The number of methoxy groups -OCH3 is 1. The van der Waals surface area contributed by atoms with Gasteiger partial charge in [-0.3, -0.25) is 9.59 Å². The van der Waals surface area contributed by atoms with Gasteiger partial charge in [-0.1, -0.05) is 36.6 Å². The van der Waals surface area contributed by atoms with Crippen LogP contribution in [0.3, 0.4) is 0 Å². The van der Waals surface area contributed by atoms with Gasteiger partial charge in [-0.05, 0) is 73.9 Å². The van der Waals surface area contributed by atoms with Gasteiger partial charge in [0.25, 0.3) is 0 Å². The molecule has 0 heterocycles. The van der Waals surface area contributed by atoms with E-state index in [-0.39, 0.29) is 17.9 Å². The molecular weight excluding hydrogens is 456 g/mol. The molecular formula is C26H33ClN2O3S. The molecule has 0 radical (unpaired) electrons. The number of hydrogen-bond donors (Lipinski definition) is 1. The van der Waals surface area contributed by atoms with Gasteiger partial charge in [-0.15, -0.1) is 11.8 Å². The van der Waals surface area contributed by atoms with Crippen LogP contribution in [0.1, 0.15) is 51.0 Å². The lowest BCUT2D eigenvalue weighted by atomic mass is 10.1. The summed E-state index contributed by atoms with van der Waals surface area (Å²) in [5.74, 6) is 1.52. The maximum absolute atomic E-state index is 13.2. The van der Waals surface area contributed by atoms with E-state index < -0.39 is 6.04 Å². The zero-order valence-corrected chi connectivity index (χ0v) is 21.0. The molecule has 1 atom stereocenters. The summed E-state index contributed by atoms with van der Waals surface area (Å²) in [5, 5.41) is 3.86. The van der Waals surface area contributed by atoms with Gasteiger partial charge >= 0.3 is 0 Å². The predicted octanol–water partition coefficient (Wildman–Crippen LogP) is 5.70. The minimum absolute atomic E-state index is 0.00315. The fourth-order valence-corrected chi connectivity index (χ4v) is 4.97. The minimum Gasteiger partial charge on any atom is -0.497 e. The number of carbonyl (C=O) groups excluding carboxylic acids is 2. The molecule has 2 amide bonds. The first-order valence-corrected chi connectivity index (χ1v) is 12.9. The van der Waals surface area contributed by atoms with Crippen LogP contribution in [0.5, 0.6) is 5.75 Å². The van der Waals surface area contributed by atoms with E-state index >= 15 is 0 Å². The molecule has 1 saturated carbocycles. The molecule has 178 valence electrons. The number of amides is 2. The van der Waals surface area contributed by atoms with Crippen molar-refractivity contribution in [2.75, 3.05) is 12.9 Å². The number of carbonyl (C=O) groups is 2. The average molecular weight is 489 g/mol. The molecule has 3 rings (SSSR count). The van der Waals surface area contributed by atoms with Crippen LogP contribution in [0.25, 0.3) is 0 Å². The Balaban J connectivity index is 1.60. The Kier molecular flexibility index (Phi) is 9.95. The fourth-order valence-electron chi connectivity index (χ4n) is 3.99.